The molecule has 0 radical (unpaired) electrons. The predicted molar refractivity (Wildman–Crippen MR) is 80.7 cm³/mol. The summed E-state index contributed by atoms with van der Waals surface area (Å²) in [6.45, 7) is 2.56. The van der Waals surface area contributed by atoms with E-state index >= 15 is 0 Å². The summed E-state index contributed by atoms with van der Waals surface area (Å²) in [6.07, 6.45) is 3.21. The molecular weight excluding hydrogens is 254 g/mol. The van der Waals surface area contributed by atoms with Crippen molar-refractivity contribution in [2.24, 2.45) is 5.73 Å². The van der Waals surface area contributed by atoms with Crippen LogP contribution < -0.4 is 16.4 Å². The van der Waals surface area contributed by atoms with Crippen LogP contribution in [0.1, 0.15) is 41.6 Å². The lowest BCUT2D eigenvalue weighted by Crippen LogP contribution is -2.19. The Hall–Kier alpha value is -1.88. The van der Waals surface area contributed by atoms with E-state index in [-0.39, 0.29) is 11.8 Å². The van der Waals surface area contributed by atoms with Crippen LogP contribution in [0.5, 0.6) is 0 Å². The lowest BCUT2D eigenvalue weighted by atomic mass is 10.1. The quantitative estimate of drug-likeness (QED) is 0.665. The van der Waals surface area contributed by atoms with Crippen molar-refractivity contribution >= 4 is 17.5 Å². The Kier molecular flexibility index (Phi) is 6.73. The zero-order chi connectivity index (χ0) is 15.0. The summed E-state index contributed by atoms with van der Waals surface area (Å²) in [5, 5.41) is 5.42. The molecule has 1 rings (SSSR count). The van der Waals surface area contributed by atoms with Gasteiger partial charge in [-0.3, -0.25) is 9.59 Å². The lowest BCUT2D eigenvalue weighted by molar-refractivity contribution is -0.116. The Morgan fingerprint density at radius 2 is 1.95 bits per heavy atom. The van der Waals surface area contributed by atoms with Crippen LogP contribution in [0.2, 0.25) is 0 Å². The third-order valence-electron chi connectivity index (χ3n) is 3.11. The van der Waals surface area contributed by atoms with Crippen molar-refractivity contribution in [1.82, 2.24) is 5.32 Å². The van der Waals surface area contributed by atoms with Crippen molar-refractivity contribution < 1.29 is 9.59 Å². The van der Waals surface area contributed by atoms with Crippen LogP contribution in [0.3, 0.4) is 0 Å². The molecule has 0 aromatic heterocycles. The van der Waals surface area contributed by atoms with Crippen molar-refractivity contribution in [3.05, 3.63) is 29.3 Å². The number of aryl methyl sites for hydroxylation is 1. The molecule has 0 aliphatic rings. The highest BCUT2D eigenvalue weighted by Gasteiger charge is 2.09. The van der Waals surface area contributed by atoms with Gasteiger partial charge in [0.1, 0.15) is 0 Å². The van der Waals surface area contributed by atoms with Crippen LogP contribution >= 0.6 is 0 Å². The maximum atomic E-state index is 11.8. The maximum Gasteiger partial charge on any atom is 0.251 e. The number of nitrogens with one attached hydrogen (secondary N) is 2. The molecule has 20 heavy (non-hydrogen) atoms. The van der Waals surface area contributed by atoms with Crippen LogP contribution in [0, 0.1) is 6.92 Å². The van der Waals surface area contributed by atoms with Crippen molar-refractivity contribution in [1.29, 1.82) is 0 Å². The molecule has 0 fully saturated rings. The second-order valence-corrected chi connectivity index (χ2v) is 4.76. The van der Waals surface area contributed by atoms with E-state index < -0.39 is 0 Å². The molecule has 0 aliphatic heterocycles. The van der Waals surface area contributed by atoms with E-state index in [4.69, 9.17) is 5.73 Å². The second kappa shape index (κ2) is 8.32. The minimum Gasteiger partial charge on any atom is -0.355 e. The summed E-state index contributed by atoms with van der Waals surface area (Å²) in [5.41, 5.74) is 7.57. The zero-order valence-electron chi connectivity index (χ0n) is 12.2. The van der Waals surface area contributed by atoms with E-state index in [1.54, 1.807) is 19.2 Å². The molecule has 0 unspecified atom stereocenters. The minimum atomic E-state index is -0.163. The number of benzene rings is 1. The molecule has 0 aliphatic carbocycles. The van der Waals surface area contributed by atoms with E-state index in [1.807, 2.05) is 13.0 Å². The summed E-state index contributed by atoms with van der Waals surface area (Å²) in [7, 11) is 1.58. The van der Waals surface area contributed by atoms with E-state index in [1.165, 1.54) is 0 Å². The van der Waals surface area contributed by atoms with Crippen molar-refractivity contribution in [2.45, 2.75) is 32.6 Å². The Labute approximate surface area is 119 Å². The number of rotatable bonds is 7. The summed E-state index contributed by atoms with van der Waals surface area (Å²) in [6, 6.07) is 5.27. The molecule has 0 spiro atoms. The smallest absolute Gasteiger partial charge is 0.251 e. The van der Waals surface area contributed by atoms with E-state index in [0.29, 0.717) is 24.2 Å². The van der Waals surface area contributed by atoms with Crippen molar-refractivity contribution in [3.8, 4) is 0 Å². The number of nitrogens with two attached hydrogens (primary N) is 1. The fourth-order valence-electron chi connectivity index (χ4n) is 1.86. The monoisotopic (exact) mass is 277 g/mol. The minimum absolute atomic E-state index is 0.0285. The van der Waals surface area contributed by atoms with Gasteiger partial charge in [0, 0.05) is 24.7 Å². The van der Waals surface area contributed by atoms with Gasteiger partial charge < -0.3 is 16.4 Å². The molecule has 5 nitrogen and oxygen atoms in total. The molecule has 4 N–H and O–H groups in total. The second-order valence-electron chi connectivity index (χ2n) is 4.76. The van der Waals surface area contributed by atoms with Crippen molar-refractivity contribution in [3.63, 3.8) is 0 Å². The van der Waals surface area contributed by atoms with Crippen LogP contribution in [0.15, 0.2) is 18.2 Å². The molecule has 1 aromatic rings. The molecular formula is C15H23N3O2. The first-order valence-electron chi connectivity index (χ1n) is 6.91. The van der Waals surface area contributed by atoms with Crippen LogP contribution in [-0.2, 0) is 4.79 Å². The first kappa shape index (κ1) is 16.2. The van der Waals surface area contributed by atoms with Gasteiger partial charge in [0.15, 0.2) is 0 Å². The molecule has 0 bridgehead atoms. The summed E-state index contributed by atoms with van der Waals surface area (Å²) < 4.78 is 0. The third kappa shape index (κ3) is 5.01. The molecule has 2 amide bonds. The first-order chi connectivity index (χ1) is 9.58. The number of carbonyl (C=O) groups is 2. The zero-order valence-corrected chi connectivity index (χ0v) is 12.2. The van der Waals surface area contributed by atoms with Crippen LogP contribution in [0.4, 0.5) is 5.69 Å². The van der Waals surface area contributed by atoms with E-state index in [0.717, 1.165) is 24.8 Å². The molecule has 0 saturated heterocycles. The molecule has 5 heteroatoms. The highest BCUT2D eigenvalue weighted by molar-refractivity contribution is 5.97. The lowest BCUT2D eigenvalue weighted by Gasteiger charge is -2.10. The highest BCUT2D eigenvalue weighted by Crippen LogP contribution is 2.17. The topological polar surface area (TPSA) is 84.2 Å². The summed E-state index contributed by atoms with van der Waals surface area (Å²) >= 11 is 0. The summed E-state index contributed by atoms with van der Waals surface area (Å²) in [4.78, 5) is 23.4. The van der Waals surface area contributed by atoms with Gasteiger partial charge in [-0.25, -0.2) is 0 Å². The van der Waals surface area contributed by atoms with Crippen LogP contribution in [0.25, 0.3) is 0 Å². The van der Waals surface area contributed by atoms with Gasteiger partial charge >= 0.3 is 0 Å². The van der Waals surface area contributed by atoms with Gasteiger partial charge in [-0.2, -0.15) is 0 Å². The Balaban J connectivity index is 2.62. The van der Waals surface area contributed by atoms with Gasteiger partial charge in [-0.05, 0) is 44.0 Å². The van der Waals surface area contributed by atoms with Gasteiger partial charge in [-0.1, -0.05) is 12.5 Å². The Morgan fingerprint density at radius 1 is 1.20 bits per heavy atom. The van der Waals surface area contributed by atoms with E-state index in [2.05, 4.69) is 10.6 Å². The number of anilines is 1. The fraction of sp³-hybridized carbons (Fsp3) is 0.467. The Bertz CT molecular complexity index is 472. The average Bonchev–Trinajstić information content (AvgIpc) is 2.45. The number of unbranched alkanes of at least 4 members (excludes halogenated alkanes) is 2. The molecule has 0 saturated carbocycles. The Morgan fingerprint density at radius 3 is 2.60 bits per heavy atom. The predicted octanol–water partition coefficient (Wildman–Crippen LogP) is 1.81. The average molecular weight is 277 g/mol. The summed E-state index contributed by atoms with van der Waals surface area (Å²) in [5.74, 6) is -0.192. The molecule has 0 atom stereocenters. The standard InChI is InChI=1S/C15H23N3O2/c1-11-7-8-12(15(20)17-2)10-13(11)18-14(19)6-4-3-5-9-16/h7-8,10H,3-6,9,16H2,1-2H3,(H,17,20)(H,18,19). The van der Waals surface area contributed by atoms with Crippen molar-refractivity contribution in [2.75, 3.05) is 18.9 Å². The number of hydrogen-bond donors (Lipinski definition) is 3. The van der Waals surface area contributed by atoms with Gasteiger partial charge in [-0.15, -0.1) is 0 Å². The number of amides is 2. The third-order valence-corrected chi connectivity index (χ3v) is 3.11. The first-order valence-corrected chi connectivity index (χ1v) is 6.91. The number of hydrogen-bond acceptors (Lipinski definition) is 3. The SMILES string of the molecule is CNC(=O)c1ccc(C)c(NC(=O)CCCCCN)c1. The van der Waals surface area contributed by atoms with E-state index in [9.17, 15) is 9.59 Å². The van der Waals surface area contributed by atoms with Gasteiger partial charge in [0.05, 0.1) is 0 Å². The fourth-order valence-corrected chi connectivity index (χ4v) is 1.86. The normalized spacial score (nSPS) is 10.2. The van der Waals surface area contributed by atoms with Gasteiger partial charge in [0.25, 0.3) is 5.91 Å². The molecule has 1 aromatic carbocycles. The maximum absolute atomic E-state index is 11.8. The number of carbonyl (C=O) groups excluding carboxylic acids is 2. The highest BCUT2D eigenvalue weighted by atomic mass is 16.2. The molecule has 0 heterocycles. The molecule has 110 valence electrons. The van der Waals surface area contributed by atoms with Gasteiger partial charge in [0.2, 0.25) is 5.91 Å². The largest absolute Gasteiger partial charge is 0.355 e. The van der Waals surface area contributed by atoms with Crippen LogP contribution in [-0.4, -0.2) is 25.4 Å².